The minimum atomic E-state index is -0.0827. The first-order chi connectivity index (χ1) is 13.2. The van der Waals surface area contributed by atoms with Crippen LogP contribution in [0, 0.1) is 5.82 Å². The number of hydrogen-bond donors (Lipinski definition) is 1. The molecule has 0 amide bonds. The van der Waals surface area contributed by atoms with E-state index in [0.717, 1.165) is 43.9 Å². The Morgan fingerprint density at radius 3 is 2.59 bits per heavy atom. The Morgan fingerprint density at radius 2 is 1.85 bits per heavy atom. The number of halogens is 1. The molecule has 27 heavy (non-hydrogen) atoms. The van der Waals surface area contributed by atoms with Crippen molar-refractivity contribution in [2.75, 3.05) is 31.1 Å². The summed E-state index contributed by atoms with van der Waals surface area (Å²) >= 11 is 1.88. The third-order valence-electron chi connectivity index (χ3n) is 5.62. The Bertz CT molecular complexity index is 748. The molecule has 2 heterocycles. The maximum absolute atomic E-state index is 14.8. The molecule has 3 nitrogen and oxygen atoms in total. The molecule has 2 aliphatic heterocycles. The summed E-state index contributed by atoms with van der Waals surface area (Å²) in [4.78, 5) is 2.26. The Labute approximate surface area is 166 Å². The Balaban J connectivity index is 1.45. The van der Waals surface area contributed by atoms with Gasteiger partial charge in [0.25, 0.3) is 0 Å². The van der Waals surface area contributed by atoms with Gasteiger partial charge in [0, 0.05) is 55.3 Å². The second kappa shape index (κ2) is 8.63. The van der Waals surface area contributed by atoms with Crippen molar-refractivity contribution in [2.24, 2.45) is 0 Å². The van der Waals surface area contributed by atoms with Crippen molar-refractivity contribution in [3.05, 3.63) is 65.5 Å². The molecule has 2 aromatic carbocycles. The summed E-state index contributed by atoms with van der Waals surface area (Å²) in [5.74, 6) is -0.0827. The third-order valence-corrected chi connectivity index (χ3v) is 7.14. The van der Waals surface area contributed by atoms with Gasteiger partial charge in [0.1, 0.15) is 5.82 Å². The fourth-order valence-electron chi connectivity index (χ4n) is 3.90. The smallest absolute Gasteiger partial charge is 0.129 e. The van der Waals surface area contributed by atoms with Gasteiger partial charge < -0.3 is 10.2 Å². The lowest BCUT2D eigenvalue weighted by atomic mass is 10.0. The molecule has 0 bridgehead atoms. The molecule has 2 atom stereocenters. The number of hydrogen-bond acceptors (Lipinski definition) is 4. The molecule has 0 aromatic heterocycles. The molecule has 5 heteroatoms. The first-order valence-corrected chi connectivity index (χ1v) is 10.8. The summed E-state index contributed by atoms with van der Waals surface area (Å²) in [5, 5.41) is 3.81. The van der Waals surface area contributed by atoms with E-state index in [1.807, 2.05) is 18.0 Å². The van der Waals surface area contributed by atoms with Gasteiger partial charge >= 0.3 is 0 Å². The van der Waals surface area contributed by atoms with E-state index in [9.17, 15) is 4.39 Å². The van der Waals surface area contributed by atoms with Crippen LogP contribution in [0.15, 0.2) is 48.5 Å². The SMILES string of the molecule is C[C@H]1CCC(c2ccccc2)SN1Cc1ccc(N2CCNCC2)cc1F. The van der Waals surface area contributed by atoms with E-state index in [1.54, 1.807) is 6.07 Å². The van der Waals surface area contributed by atoms with E-state index in [-0.39, 0.29) is 5.82 Å². The normalized spacial score (nSPS) is 24.1. The van der Waals surface area contributed by atoms with Crippen molar-refractivity contribution in [2.45, 2.75) is 37.6 Å². The van der Waals surface area contributed by atoms with Gasteiger partial charge in [0.15, 0.2) is 0 Å². The molecule has 1 N–H and O–H groups in total. The van der Waals surface area contributed by atoms with Crippen molar-refractivity contribution in [3.63, 3.8) is 0 Å². The predicted molar refractivity (Wildman–Crippen MR) is 112 cm³/mol. The minimum absolute atomic E-state index is 0.0827. The molecule has 0 saturated carbocycles. The largest absolute Gasteiger partial charge is 0.369 e. The Hall–Kier alpha value is -1.56. The fraction of sp³-hybridized carbons (Fsp3) is 0.455. The summed E-state index contributed by atoms with van der Waals surface area (Å²) in [6.45, 7) is 6.72. The lowest BCUT2D eigenvalue weighted by molar-refractivity contribution is 0.317. The van der Waals surface area contributed by atoms with E-state index in [1.165, 1.54) is 12.0 Å². The van der Waals surface area contributed by atoms with E-state index >= 15 is 0 Å². The molecule has 144 valence electrons. The van der Waals surface area contributed by atoms with Crippen LogP contribution in [-0.2, 0) is 6.54 Å². The molecule has 2 fully saturated rings. The zero-order chi connectivity index (χ0) is 18.6. The number of benzene rings is 2. The Morgan fingerprint density at radius 1 is 1.07 bits per heavy atom. The predicted octanol–water partition coefficient (Wildman–Crippen LogP) is 4.61. The lowest BCUT2D eigenvalue weighted by Gasteiger charge is -2.37. The molecule has 1 unspecified atom stereocenters. The van der Waals surface area contributed by atoms with Crippen molar-refractivity contribution in [1.82, 2.24) is 9.62 Å². The molecular weight excluding hydrogens is 357 g/mol. The lowest BCUT2D eigenvalue weighted by Crippen LogP contribution is -2.43. The van der Waals surface area contributed by atoms with Crippen LogP contribution in [0.5, 0.6) is 0 Å². The second-order valence-corrected chi connectivity index (χ2v) is 8.77. The van der Waals surface area contributed by atoms with Crippen LogP contribution in [0.4, 0.5) is 10.1 Å². The van der Waals surface area contributed by atoms with Crippen molar-refractivity contribution < 1.29 is 4.39 Å². The zero-order valence-electron chi connectivity index (χ0n) is 15.9. The third kappa shape index (κ3) is 4.48. The highest BCUT2D eigenvalue weighted by Crippen LogP contribution is 2.43. The van der Waals surface area contributed by atoms with Crippen molar-refractivity contribution in [1.29, 1.82) is 0 Å². The van der Waals surface area contributed by atoms with Gasteiger partial charge in [0.2, 0.25) is 0 Å². The second-order valence-electron chi connectivity index (χ2n) is 7.52. The average Bonchev–Trinajstić information content (AvgIpc) is 2.72. The highest BCUT2D eigenvalue weighted by atomic mass is 32.2. The van der Waals surface area contributed by atoms with Crippen LogP contribution >= 0.6 is 11.9 Å². The average molecular weight is 386 g/mol. The van der Waals surface area contributed by atoms with Gasteiger partial charge in [-0.15, -0.1) is 0 Å². The van der Waals surface area contributed by atoms with Crippen LogP contribution in [0.2, 0.25) is 0 Å². The van der Waals surface area contributed by atoms with Gasteiger partial charge in [0.05, 0.1) is 0 Å². The van der Waals surface area contributed by atoms with Gasteiger partial charge in [-0.25, -0.2) is 8.70 Å². The number of rotatable bonds is 4. The summed E-state index contributed by atoms with van der Waals surface area (Å²) in [6.07, 6.45) is 2.32. The summed E-state index contributed by atoms with van der Waals surface area (Å²) in [6, 6.07) is 16.9. The summed E-state index contributed by atoms with van der Waals surface area (Å²) in [5.41, 5.74) is 3.16. The van der Waals surface area contributed by atoms with Gasteiger partial charge in [-0.2, -0.15) is 0 Å². The monoisotopic (exact) mass is 385 g/mol. The number of anilines is 1. The van der Waals surface area contributed by atoms with Crippen LogP contribution < -0.4 is 10.2 Å². The molecule has 0 radical (unpaired) electrons. The molecule has 0 aliphatic carbocycles. The number of nitrogens with zero attached hydrogens (tertiary/aromatic N) is 2. The van der Waals surface area contributed by atoms with Gasteiger partial charge in [-0.1, -0.05) is 48.3 Å². The minimum Gasteiger partial charge on any atom is -0.369 e. The first kappa shape index (κ1) is 18.8. The Kier molecular flexibility index (Phi) is 6.01. The maximum atomic E-state index is 14.8. The van der Waals surface area contributed by atoms with Crippen LogP contribution in [0.3, 0.4) is 0 Å². The topological polar surface area (TPSA) is 18.5 Å². The van der Waals surface area contributed by atoms with Crippen LogP contribution in [0.25, 0.3) is 0 Å². The summed E-state index contributed by atoms with van der Waals surface area (Å²) < 4.78 is 17.2. The van der Waals surface area contributed by atoms with Crippen LogP contribution in [-0.4, -0.2) is 36.5 Å². The maximum Gasteiger partial charge on any atom is 0.129 e. The molecule has 4 rings (SSSR count). The highest BCUT2D eigenvalue weighted by Gasteiger charge is 2.28. The van der Waals surface area contributed by atoms with E-state index < -0.39 is 0 Å². The van der Waals surface area contributed by atoms with Gasteiger partial charge in [-0.3, -0.25) is 0 Å². The first-order valence-electron chi connectivity index (χ1n) is 9.93. The quantitative estimate of drug-likeness (QED) is 0.775. The van der Waals surface area contributed by atoms with E-state index in [4.69, 9.17) is 0 Å². The zero-order valence-corrected chi connectivity index (χ0v) is 16.7. The molecule has 0 spiro atoms. The van der Waals surface area contributed by atoms with Crippen LogP contribution in [0.1, 0.15) is 36.1 Å². The van der Waals surface area contributed by atoms with Gasteiger partial charge in [-0.05, 0) is 37.5 Å². The summed E-state index contributed by atoms with van der Waals surface area (Å²) in [7, 11) is 0. The molecule has 2 aliphatic rings. The van der Waals surface area contributed by atoms with E-state index in [2.05, 4.69) is 57.8 Å². The molecular formula is C22H28FN3S. The van der Waals surface area contributed by atoms with Crippen molar-refractivity contribution >= 4 is 17.6 Å². The number of piperazine rings is 1. The molecule has 2 aromatic rings. The fourth-order valence-corrected chi connectivity index (χ4v) is 5.27. The standard InChI is InChI=1S/C22H28FN3S/c1-17-7-10-22(18-5-3-2-4-6-18)27-26(17)16-19-8-9-20(15-21(19)23)25-13-11-24-12-14-25/h2-6,8-9,15,17,22,24H,7,10-14,16H2,1H3/t17-,22?/m0/s1. The van der Waals surface area contributed by atoms with E-state index in [0.29, 0.717) is 17.8 Å². The number of nitrogens with one attached hydrogen (secondary N) is 1. The van der Waals surface area contributed by atoms with Crippen molar-refractivity contribution in [3.8, 4) is 0 Å². The molecule has 2 saturated heterocycles. The highest BCUT2D eigenvalue weighted by molar-refractivity contribution is 7.97.